The second-order valence-electron chi connectivity index (χ2n) is 5.72. The first kappa shape index (κ1) is 18.1. The number of aryl methyl sites for hydroxylation is 1. The number of rotatable bonds is 7. The number of hydrogen-bond donors (Lipinski definition) is 3. The summed E-state index contributed by atoms with van der Waals surface area (Å²) < 4.78 is 5.15. The summed E-state index contributed by atoms with van der Waals surface area (Å²) >= 11 is 0. The molecular formula is C16H28N4O2. The second kappa shape index (κ2) is 9.12. The van der Waals surface area contributed by atoms with Gasteiger partial charge in [-0.3, -0.25) is 9.79 Å². The van der Waals surface area contributed by atoms with Crippen LogP contribution in [0, 0.1) is 12.8 Å². The van der Waals surface area contributed by atoms with E-state index in [2.05, 4.69) is 41.7 Å². The highest BCUT2D eigenvalue weighted by molar-refractivity contribution is 5.92. The van der Waals surface area contributed by atoms with Gasteiger partial charge in [0, 0.05) is 31.7 Å². The number of nitrogens with zero attached hydrogens (tertiary/aromatic N) is 1. The Balaban J connectivity index is 2.22. The van der Waals surface area contributed by atoms with E-state index in [-0.39, 0.29) is 5.91 Å². The molecule has 1 aromatic rings. The lowest BCUT2D eigenvalue weighted by atomic mass is 10.1. The topological polar surface area (TPSA) is 78.7 Å². The van der Waals surface area contributed by atoms with Crippen molar-refractivity contribution in [1.82, 2.24) is 16.0 Å². The second-order valence-corrected chi connectivity index (χ2v) is 5.72. The molecule has 6 heteroatoms. The number of hydrogen-bond acceptors (Lipinski definition) is 3. The van der Waals surface area contributed by atoms with Crippen LogP contribution in [0.4, 0.5) is 0 Å². The van der Waals surface area contributed by atoms with Crippen LogP contribution in [0.15, 0.2) is 21.7 Å². The molecule has 3 N–H and O–H groups in total. The Labute approximate surface area is 132 Å². The summed E-state index contributed by atoms with van der Waals surface area (Å²) in [4.78, 5) is 16.0. The number of amides is 1. The van der Waals surface area contributed by atoms with Crippen molar-refractivity contribution in [3.63, 3.8) is 0 Å². The number of furan rings is 1. The number of aliphatic imine (C=N–C) groups is 1. The van der Waals surface area contributed by atoms with Crippen LogP contribution in [0.5, 0.6) is 0 Å². The molecule has 1 aromatic heterocycles. The summed E-state index contributed by atoms with van der Waals surface area (Å²) in [6, 6.07) is 2.13. The molecule has 0 spiro atoms. The van der Waals surface area contributed by atoms with E-state index in [1.54, 1.807) is 13.1 Å². The third kappa shape index (κ3) is 5.79. The van der Waals surface area contributed by atoms with Gasteiger partial charge in [-0.2, -0.15) is 0 Å². The van der Waals surface area contributed by atoms with Crippen molar-refractivity contribution < 1.29 is 9.21 Å². The largest absolute Gasteiger partial charge is 0.459 e. The first-order valence-electron chi connectivity index (χ1n) is 7.75. The zero-order valence-corrected chi connectivity index (χ0v) is 14.2. The molecule has 0 radical (unpaired) electrons. The lowest BCUT2D eigenvalue weighted by molar-refractivity contribution is 0.0925. The average molecular weight is 308 g/mol. The minimum Gasteiger partial charge on any atom is -0.459 e. The van der Waals surface area contributed by atoms with Gasteiger partial charge in [0.25, 0.3) is 5.91 Å². The fraction of sp³-hybridized carbons (Fsp3) is 0.625. The molecule has 1 rings (SSSR count). The normalized spacial score (nSPS) is 13.1. The van der Waals surface area contributed by atoms with Crippen LogP contribution >= 0.6 is 0 Å². The zero-order valence-electron chi connectivity index (χ0n) is 14.2. The maximum absolute atomic E-state index is 11.8. The molecule has 1 atom stereocenters. The molecule has 0 aromatic carbocycles. The van der Waals surface area contributed by atoms with Gasteiger partial charge >= 0.3 is 0 Å². The van der Waals surface area contributed by atoms with Gasteiger partial charge in [-0.05, 0) is 32.3 Å². The summed E-state index contributed by atoms with van der Waals surface area (Å²) in [6.07, 6.45) is 2.33. The van der Waals surface area contributed by atoms with Crippen LogP contribution in [0.2, 0.25) is 0 Å². The molecule has 0 fully saturated rings. The van der Waals surface area contributed by atoms with E-state index >= 15 is 0 Å². The van der Waals surface area contributed by atoms with Gasteiger partial charge in [-0.25, -0.2) is 0 Å². The van der Waals surface area contributed by atoms with Crippen LogP contribution in [0.3, 0.4) is 0 Å². The Hall–Kier alpha value is -1.98. The summed E-state index contributed by atoms with van der Waals surface area (Å²) in [5.74, 6) is 1.54. The van der Waals surface area contributed by atoms with Crippen molar-refractivity contribution in [2.24, 2.45) is 10.9 Å². The Morgan fingerprint density at radius 2 is 1.95 bits per heavy atom. The molecule has 0 saturated heterocycles. The molecule has 0 aliphatic heterocycles. The van der Waals surface area contributed by atoms with E-state index in [1.807, 2.05) is 6.92 Å². The van der Waals surface area contributed by atoms with Gasteiger partial charge in [0.1, 0.15) is 0 Å². The van der Waals surface area contributed by atoms with Gasteiger partial charge in [0.2, 0.25) is 0 Å². The van der Waals surface area contributed by atoms with Crippen molar-refractivity contribution in [3.05, 3.63) is 23.7 Å². The van der Waals surface area contributed by atoms with Crippen molar-refractivity contribution in [3.8, 4) is 0 Å². The zero-order chi connectivity index (χ0) is 16.5. The van der Waals surface area contributed by atoms with Gasteiger partial charge in [0.05, 0.1) is 6.26 Å². The first-order valence-corrected chi connectivity index (χ1v) is 7.75. The highest BCUT2D eigenvalue weighted by atomic mass is 16.3. The maximum atomic E-state index is 11.8. The monoisotopic (exact) mass is 308 g/mol. The maximum Gasteiger partial charge on any atom is 0.287 e. The minimum atomic E-state index is -0.168. The first-order chi connectivity index (χ1) is 10.5. The molecule has 0 saturated carbocycles. The number of carbonyl (C=O) groups is 1. The van der Waals surface area contributed by atoms with Crippen molar-refractivity contribution >= 4 is 11.9 Å². The average Bonchev–Trinajstić information content (AvgIpc) is 2.91. The third-order valence-electron chi connectivity index (χ3n) is 3.59. The molecule has 0 aliphatic carbocycles. The number of nitrogens with one attached hydrogen (secondary N) is 3. The highest BCUT2D eigenvalue weighted by Gasteiger charge is 2.11. The fourth-order valence-corrected chi connectivity index (χ4v) is 1.76. The van der Waals surface area contributed by atoms with E-state index in [0.29, 0.717) is 24.3 Å². The third-order valence-corrected chi connectivity index (χ3v) is 3.59. The molecule has 124 valence electrons. The van der Waals surface area contributed by atoms with Crippen LogP contribution in [-0.2, 0) is 0 Å². The van der Waals surface area contributed by atoms with Crippen LogP contribution in [0.25, 0.3) is 0 Å². The lowest BCUT2D eigenvalue weighted by Crippen LogP contribution is -2.44. The summed E-state index contributed by atoms with van der Waals surface area (Å²) in [5, 5.41) is 9.42. The number of guanidine groups is 1. The van der Waals surface area contributed by atoms with Crippen molar-refractivity contribution in [2.45, 2.75) is 40.2 Å². The highest BCUT2D eigenvalue weighted by Crippen LogP contribution is 2.07. The van der Waals surface area contributed by atoms with Crippen molar-refractivity contribution in [1.29, 1.82) is 0 Å². The standard InChI is InChI=1S/C16H28N4O2/c1-11(2)13(4)20-16(17-5)19-9-6-8-18-15(21)14-12(3)7-10-22-14/h7,10-11,13H,6,8-9H2,1-5H3,(H,18,21)(H2,17,19,20). The Morgan fingerprint density at radius 1 is 1.27 bits per heavy atom. The smallest absolute Gasteiger partial charge is 0.287 e. The predicted octanol–water partition coefficient (Wildman–Crippen LogP) is 1.92. The number of carbonyl (C=O) groups excluding carboxylic acids is 1. The molecular weight excluding hydrogens is 280 g/mol. The molecule has 1 unspecified atom stereocenters. The van der Waals surface area contributed by atoms with Crippen LogP contribution in [-0.4, -0.2) is 38.0 Å². The molecule has 1 amide bonds. The van der Waals surface area contributed by atoms with E-state index in [9.17, 15) is 4.79 Å². The molecule has 6 nitrogen and oxygen atoms in total. The Bertz CT molecular complexity index is 494. The van der Waals surface area contributed by atoms with Gasteiger partial charge < -0.3 is 20.4 Å². The summed E-state index contributed by atoms with van der Waals surface area (Å²) in [7, 11) is 1.75. The fourth-order valence-electron chi connectivity index (χ4n) is 1.76. The van der Waals surface area contributed by atoms with E-state index < -0.39 is 0 Å². The quantitative estimate of drug-likeness (QED) is 0.408. The minimum absolute atomic E-state index is 0.168. The van der Waals surface area contributed by atoms with E-state index in [1.165, 1.54) is 6.26 Å². The van der Waals surface area contributed by atoms with Crippen molar-refractivity contribution in [2.75, 3.05) is 20.1 Å². The van der Waals surface area contributed by atoms with E-state index in [4.69, 9.17) is 4.42 Å². The van der Waals surface area contributed by atoms with Gasteiger partial charge in [-0.1, -0.05) is 13.8 Å². The van der Waals surface area contributed by atoms with E-state index in [0.717, 1.165) is 24.5 Å². The lowest BCUT2D eigenvalue weighted by Gasteiger charge is -2.20. The SMILES string of the molecule is CN=C(NCCCNC(=O)c1occc1C)NC(C)C(C)C. The Kier molecular flexibility index (Phi) is 7.49. The van der Waals surface area contributed by atoms with Crippen LogP contribution < -0.4 is 16.0 Å². The molecule has 0 aliphatic rings. The summed E-state index contributed by atoms with van der Waals surface area (Å²) in [5.41, 5.74) is 0.850. The molecule has 1 heterocycles. The molecule has 0 bridgehead atoms. The summed E-state index contributed by atoms with van der Waals surface area (Å²) in [6.45, 7) is 9.63. The van der Waals surface area contributed by atoms with Gasteiger partial charge in [0.15, 0.2) is 11.7 Å². The predicted molar refractivity (Wildman–Crippen MR) is 89.2 cm³/mol. The van der Waals surface area contributed by atoms with Crippen LogP contribution in [0.1, 0.15) is 43.3 Å². The van der Waals surface area contributed by atoms with Gasteiger partial charge in [-0.15, -0.1) is 0 Å². The Morgan fingerprint density at radius 3 is 2.50 bits per heavy atom. The molecule has 22 heavy (non-hydrogen) atoms.